The van der Waals surface area contributed by atoms with Gasteiger partial charge >= 0.3 is 0 Å². The van der Waals surface area contributed by atoms with Crippen LogP contribution in [0.5, 0.6) is 0 Å². The van der Waals surface area contributed by atoms with Gasteiger partial charge in [0.25, 0.3) is 0 Å². The molecule has 4 nitrogen and oxygen atoms in total. The van der Waals surface area contributed by atoms with E-state index in [4.69, 9.17) is 44.9 Å². The van der Waals surface area contributed by atoms with Crippen molar-refractivity contribution in [2.45, 2.75) is 32.7 Å². The van der Waals surface area contributed by atoms with E-state index in [0.29, 0.717) is 27.9 Å². The Bertz CT molecular complexity index is 1480. The monoisotopic (exact) mass is 521 g/mol. The third kappa shape index (κ3) is 4.42. The topological polar surface area (TPSA) is 45.6 Å². The molecule has 1 aliphatic heterocycles. The molecule has 0 aliphatic carbocycles. The highest BCUT2D eigenvalue weighted by Crippen LogP contribution is 2.41. The van der Waals surface area contributed by atoms with Crippen molar-refractivity contribution in [2.75, 3.05) is 0 Å². The van der Waals surface area contributed by atoms with Gasteiger partial charge in [-0.05, 0) is 48.4 Å². The lowest BCUT2D eigenvalue weighted by atomic mass is 9.89. The summed E-state index contributed by atoms with van der Waals surface area (Å²) in [6, 6.07) is 21.0. The van der Waals surface area contributed by atoms with Crippen LogP contribution in [0.25, 0.3) is 22.0 Å². The Labute approximate surface area is 219 Å². The first kappa shape index (κ1) is 23.8. The summed E-state index contributed by atoms with van der Waals surface area (Å²) in [4.78, 5) is 17.8. The number of halogens is 3. The summed E-state index contributed by atoms with van der Waals surface area (Å²) < 4.78 is 0. The molecular formula is C28H22Cl3N3O. The Hall–Kier alpha value is -2.92. The second-order valence-electron chi connectivity index (χ2n) is 8.51. The van der Waals surface area contributed by atoms with Gasteiger partial charge in [0, 0.05) is 40.1 Å². The molecule has 1 aliphatic rings. The van der Waals surface area contributed by atoms with Crippen molar-refractivity contribution in [3.8, 4) is 11.1 Å². The van der Waals surface area contributed by atoms with Gasteiger partial charge in [-0.1, -0.05) is 78.1 Å². The van der Waals surface area contributed by atoms with Gasteiger partial charge in [0.05, 0.1) is 27.3 Å². The van der Waals surface area contributed by atoms with Crippen molar-refractivity contribution in [3.63, 3.8) is 0 Å². The molecule has 35 heavy (non-hydrogen) atoms. The number of benzene rings is 3. The highest BCUT2D eigenvalue weighted by molar-refractivity contribution is 6.42. The van der Waals surface area contributed by atoms with Crippen LogP contribution in [-0.2, 0) is 4.79 Å². The van der Waals surface area contributed by atoms with E-state index in [1.807, 2.05) is 62.4 Å². The van der Waals surface area contributed by atoms with Gasteiger partial charge in [0.1, 0.15) is 0 Å². The lowest BCUT2D eigenvalue weighted by Crippen LogP contribution is -2.26. The summed E-state index contributed by atoms with van der Waals surface area (Å²) >= 11 is 18.9. The molecule has 5 rings (SSSR count). The third-order valence-corrected chi connectivity index (χ3v) is 7.25. The first-order valence-corrected chi connectivity index (χ1v) is 12.5. The maximum atomic E-state index is 13.0. The minimum atomic E-state index is -0.287. The second kappa shape index (κ2) is 9.62. The number of hydrogen-bond donors (Lipinski definition) is 0. The van der Waals surface area contributed by atoms with Crippen LogP contribution in [0.2, 0.25) is 15.1 Å². The molecule has 0 saturated heterocycles. The lowest BCUT2D eigenvalue weighted by Gasteiger charge is -2.22. The molecule has 4 aromatic rings. The number of fused-ring (bicyclic) bond motifs is 1. The highest BCUT2D eigenvalue weighted by Gasteiger charge is 2.34. The first-order valence-electron chi connectivity index (χ1n) is 11.4. The van der Waals surface area contributed by atoms with Crippen LogP contribution >= 0.6 is 34.8 Å². The third-order valence-electron chi connectivity index (χ3n) is 6.28. The summed E-state index contributed by atoms with van der Waals surface area (Å²) in [5, 5.41) is 8.94. The second-order valence-corrected chi connectivity index (χ2v) is 9.76. The average molecular weight is 523 g/mol. The number of nitrogens with zero attached hydrogens (tertiary/aromatic N) is 3. The Morgan fingerprint density at radius 3 is 2.46 bits per heavy atom. The fourth-order valence-electron chi connectivity index (χ4n) is 4.65. The summed E-state index contributed by atoms with van der Waals surface area (Å²) in [6.45, 7) is 3.82. The normalized spacial score (nSPS) is 15.5. The minimum Gasteiger partial charge on any atom is -0.273 e. The largest absolute Gasteiger partial charge is 0.273 e. The van der Waals surface area contributed by atoms with Gasteiger partial charge in [-0.15, -0.1) is 0 Å². The zero-order valence-corrected chi connectivity index (χ0v) is 21.5. The van der Waals surface area contributed by atoms with Gasteiger partial charge in [-0.2, -0.15) is 5.10 Å². The molecule has 7 heteroatoms. The Balaban J connectivity index is 1.73. The van der Waals surface area contributed by atoms with Gasteiger partial charge < -0.3 is 0 Å². The fourth-order valence-corrected chi connectivity index (χ4v) is 5.13. The molecule has 0 saturated carbocycles. The number of hydrogen-bond acceptors (Lipinski definition) is 3. The van der Waals surface area contributed by atoms with Crippen LogP contribution in [0.3, 0.4) is 0 Å². The maximum Gasteiger partial charge on any atom is 0.242 e. The smallest absolute Gasteiger partial charge is 0.242 e. The van der Waals surface area contributed by atoms with Crippen molar-refractivity contribution in [1.82, 2.24) is 9.99 Å². The average Bonchev–Trinajstić information content (AvgIpc) is 3.30. The van der Waals surface area contributed by atoms with Crippen molar-refractivity contribution in [1.29, 1.82) is 0 Å². The van der Waals surface area contributed by atoms with E-state index < -0.39 is 0 Å². The number of carbonyl (C=O) groups excluding carboxylic acids is 1. The zero-order chi connectivity index (χ0) is 24.7. The molecule has 0 spiro atoms. The summed E-state index contributed by atoms with van der Waals surface area (Å²) in [6.07, 6.45) is 0.864. The van der Waals surface area contributed by atoms with E-state index in [1.165, 1.54) is 0 Å². The molecule has 1 atom stereocenters. The Kier molecular flexibility index (Phi) is 6.54. The van der Waals surface area contributed by atoms with E-state index in [0.717, 1.165) is 44.6 Å². The molecule has 0 unspecified atom stereocenters. The minimum absolute atomic E-state index is 0.0632. The maximum absolute atomic E-state index is 13.0. The van der Waals surface area contributed by atoms with E-state index in [2.05, 4.69) is 12.1 Å². The molecule has 1 amide bonds. The SMILES string of the molecule is CCC(=O)N1N=C(c2c(C)nc3ccc(Cl)cc3c2-c2ccccc2)C[C@H]1c1ccc(Cl)c(Cl)c1. The lowest BCUT2D eigenvalue weighted by molar-refractivity contribution is -0.132. The molecule has 0 fully saturated rings. The van der Waals surface area contributed by atoms with Crippen molar-refractivity contribution in [3.05, 3.63) is 98.6 Å². The molecule has 0 N–H and O–H groups in total. The quantitative estimate of drug-likeness (QED) is 0.271. The molecule has 176 valence electrons. The number of hydrazone groups is 1. The number of pyridine rings is 1. The number of rotatable bonds is 4. The van der Waals surface area contributed by atoms with Crippen molar-refractivity contribution >= 4 is 57.3 Å². The zero-order valence-electron chi connectivity index (χ0n) is 19.2. The van der Waals surface area contributed by atoms with E-state index in [1.54, 1.807) is 11.1 Å². The Morgan fingerprint density at radius 2 is 1.74 bits per heavy atom. The molecule has 2 heterocycles. The summed E-state index contributed by atoms with van der Waals surface area (Å²) in [5.74, 6) is -0.0632. The van der Waals surface area contributed by atoms with Crippen LogP contribution in [0, 0.1) is 6.92 Å². The van der Waals surface area contributed by atoms with E-state index >= 15 is 0 Å². The number of aromatic nitrogens is 1. The molecule has 1 aromatic heterocycles. The van der Waals surface area contributed by atoms with Gasteiger partial charge in [0.2, 0.25) is 5.91 Å². The van der Waals surface area contributed by atoms with Crippen molar-refractivity contribution < 1.29 is 4.79 Å². The number of amides is 1. The van der Waals surface area contributed by atoms with Gasteiger partial charge in [0.15, 0.2) is 0 Å². The van der Waals surface area contributed by atoms with Crippen LogP contribution < -0.4 is 0 Å². The van der Waals surface area contributed by atoms with Gasteiger partial charge in [-0.25, -0.2) is 5.01 Å². The predicted molar refractivity (Wildman–Crippen MR) is 144 cm³/mol. The Morgan fingerprint density at radius 1 is 0.971 bits per heavy atom. The standard InChI is InChI=1S/C28H22Cl3N3O/c1-3-26(35)34-25(18-9-11-21(30)22(31)13-18)15-24(33-34)27-16(2)32-23-12-10-19(29)14-20(23)28(27)17-7-5-4-6-8-17/h4-14,25H,3,15H2,1-2H3/t25-/m0/s1. The number of aryl methyl sites for hydroxylation is 1. The predicted octanol–water partition coefficient (Wildman–Crippen LogP) is 8.26. The van der Waals surface area contributed by atoms with Crippen LogP contribution in [0.4, 0.5) is 0 Å². The molecular weight excluding hydrogens is 501 g/mol. The van der Waals surface area contributed by atoms with Crippen molar-refractivity contribution in [2.24, 2.45) is 5.10 Å². The van der Waals surface area contributed by atoms with E-state index in [-0.39, 0.29) is 11.9 Å². The van der Waals surface area contributed by atoms with Crippen LogP contribution in [0.15, 0.2) is 71.8 Å². The summed E-state index contributed by atoms with van der Waals surface area (Å²) in [5.41, 5.74) is 6.35. The highest BCUT2D eigenvalue weighted by atomic mass is 35.5. The molecule has 3 aromatic carbocycles. The number of carbonyl (C=O) groups is 1. The fraction of sp³-hybridized carbons (Fsp3) is 0.179. The van der Waals surface area contributed by atoms with Crippen LogP contribution in [0.1, 0.15) is 42.6 Å². The van der Waals surface area contributed by atoms with Gasteiger partial charge in [-0.3, -0.25) is 9.78 Å². The summed E-state index contributed by atoms with van der Waals surface area (Å²) in [7, 11) is 0. The molecule has 0 radical (unpaired) electrons. The first-order chi connectivity index (χ1) is 16.9. The molecule has 0 bridgehead atoms. The van der Waals surface area contributed by atoms with E-state index in [9.17, 15) is 4.79 Å². The van der Waals surface area contributed by atoms with Crippen LogP contribution in [-0.4, -0.2) is 21.6 Å².